The highest BCUT2D eigenvalue weighted by molar-refractivity contribution is 9.10. The normalized spacial score (nSPS) is 30.1. The lowest BCUT2D eigenvalue weighted by atomic mass is 10.1. The Hall–Kier alpha value is -3.31. The van der Waals surface area contributed by atoms with Crippen LogP contribution in [0.5, 0.6) is 0 Å². The molecule has 0 aromatic carbocycles. The summed E-state index contributed by atoms with van der Waals surface area (Å²) in [5.74, 6) is -0.311. The fourth-order valence-corrected chi connectivity index (χ4v) is 12.9. The fraction of sp³-hybridized carbons (Fsp3) is 0.500. The van der Waals surface area contributed by atoms with Crippen LogP contribution in [0.3, 0.4) is 0 Å². The van der Waals surface area contributed by atoms with E-state index in [2.05, 4.69) is 101 Å². The van der Waals surface area contributed by atoms with Gasteiger partial charge in [-0.1, -0.05) is 0 Å². The number of hydrogen-bond acceptors (Lipinski definition) is 29. The molecule has 0 saturated carbocycles. The van der Waals surface area contributed by atoms with Gasteiger partial charge in [0.25, 0.3) is 0 Å². The SMILES string of the molecule is Nc1ncnc2c1nc(Br)n2[C@@H]1O[C@H](COP(=O)(O)O[C@@H]2[C@H](O)[C@@H](COP(=O)(O)O[C@@H]3[C@H](O)[C@@H](COP(=O)(O)OP(=O)(O)O)O[C@H]3n3c(Br)nc4c(N)ncnc43)O[C@H]2n2c(Br)nc3c(N)ncnc32)[C@@H](O)[C@H]1O. The number of fused-ring (bicyclic) bond motifs is 3. The molecule has 3 unspecified atom stereocenters. The van der Waals surface area contributed by atoms with Crippen LogP contribution >= 0.6 is 79.1 Å². The van der Waals surface area contributed by atoms with Gasteiger partial charge in [0.05, 0.1) is 19.8 Å². The number of aliphatic hydroxyl groups excluding tert-OH is 4. The lowest BCUT2D eigenvalue weighted by molar-refractivity contribution is -0.0653. The van der Waals surface area contributed by atoms with Crippen molar-refractivity contribution in [3.63, 3.8) is 0 Å². The van der Waals surface area contributed by atoms with Crippen molar-refractivity contribution in [1.82, 2.24) is 58.6 Å². The second kappa shape index (κ2) is 20.8. The number of ether oxygens (including phenoxy) is 3. The van der Waals surface area contributed by atoms with Crippen LogP contribution in [-0.4, -0.2) is 178 Å². The Morgan fingerprint density at radius 3 is 1.19 bits per heavy atom. The second-order valence-electron chi connectivity index (χ2n) is 15.7. The van der Waals surface area contributed by atoms with Crippen molar-refractivity contribution >= 4 is 130 Å². The largest absolute Gasteiger partial charge is 0.481 e. The number of aliphatic hydroxyl groups is 4. The van der Waals surface area contributed by atoms with Crippen LogP contribution in [0.1, 0.15) is 18.7 Å². The summed E-state index contributed by atoms with van der Waals surface area (Å²) in [6.07, 6.45) is -18.8. The zero-order valence-electron chi connectivity index (χ0n) is 36.1. The number of aromatic nitrogens is 12. The van der Waals surface area contributed by atoms with Gasteiger partial charge in [-0.3, -0.25) is 36.3 Å². The molecule has 3 aliphatic heterocycles. The molecule has 0 bridgehead atoms. The molecule has 3 saturated heterocycles. The quantitative estimate of drug-likeness (QED) is 0.0359. The van der Waals surface area contributed by atoms with Crippen molar-refractivity contribution in [3.8, 4) is 0 Å². The first kappa shape index (κ1) is 55.4. The zero-order chi connectivity index (χ0) is 53.6. The number of imidazole rings is 3. The molecule has 0 radical (unpaired) electrons. The average molecular weight is 1320 g/mol. The Morgan fingerprint density at radius 1 is 0.500 bits per heavy atom. The third-order valence-electron chi connectivity index (χ3n) is 11.0. The second-order valence-corrected chi connectivity index (χ2v) is 23.5. The number of nitrogens with zero attached hydrogens (tertiary/aromatic N) is 12. The van der Waals surface area contributed by atoms with E-state index in [0.717, 1.165) is 28.1 Å². The van der Waals surface area contributed by atoms with Crippen LogP contribution in [0.4, 0.5) is 17.5 Å². The Balaban J connectivity index is 0.941. The number of anilines is 3. The maximum Gasteiger partial charge on any atom is 0.481 e. The predicted molar refractivity (Wildman–Crippen MR) is 248 cm³/mol. The lowest BCUT2D eigenvalue weighted by Gasteiger charge is -2.25. The smallest absolute Gasteiger partial charge is 0.387 e. The number of phosphoric ester groups is 3. The Bertz CT molecular complexity index is 3320. The molecular weight excluding hydrogens is 1290 g/mol. The molecule has 37 nitrogen and oxygen atoms in total. The molecule has 404 valence electrons. The maximum atomic E-state index is 13.9. The van der Waals surface area contributed by atoms with Gasteiger partial charge in [-0.25, -0.2) is 63.1 Å². The summed E-state index contributed by atoms with van der Waals surface area (Å²) in [7, 11) is -22.2. The van der Waals surface area contributed by atoms with Gasteiger partial charge in [-0.15, -0.1) is 0 Å². The summed E-state index contributed by atoms with van der Waals surface area (Å²) in [5, 5.41) is 45.1. The minimum absolute atomic E-state index is 0.0142. The van der Waals surface area contributed by atoms with E-state index in [9.17, 15) is 53.4 Å². The van der Waals surface area contributed by atoms with Crippen LogP contribution in [0, 0.1) is 0 Å². The number of hydrogen-bond donors (Lipinski definition) is 12. The van der Waals surface area contributed by atoms with E-state index in [4.69, 9.17) is 59.3 Å². The standard InChI is InChI=1S/C30H36Br3N15O22P4/c31-28-43-10-19(34)37-4-40-22(10)46(28)25-16(52)13(49)7(65-25)1-62-72(56,57)68-17-14(50)8(66-26(17)47-23-11(44-29(47)32)20(35)38-5-41-23)2-63-73(58,59)69-18-15(51)9(3-64-74(60,61)70-71(53,54)55)67-27(18)48-24-12(45-30(48)33)21(36)39-6-42-24/h4-9,13-18,25-27,49-52H,1-3H2,(H,56,57)(H,58,59)(H,60,61)(H2,34,37,40)(H2,35,38,41)(H2,36,39,42)(H2,53,54,55)/t7-,8-,9-,13-,14-,15-,16-,17-,18-,25-,26-,27-/m1/s1. The van der Waals surface area contributed by atoms with Crippen molar-refractivity contribution in [2.45, 2.75) is 73.6 Å². The monoisotopic (exact) mass is 1320 g/mol. The van der Waals surface area contributed by atoms with Crippen LogP contribution in [0.15, 0.2) is 33.2 Å². The molecule has 74 heavy (non-hydrogen) atoms. The molecule has 3 fully saturated rings. The van der Waals surface area contributed by atoms with Gasteiger partial charge in [-0.05, 0) is 47.8 Å². The topological polar surface area (TPSA) is 542 Å². The van der Waals surface area contributed by atoms with Crippen molar-refractivity contribution < 1.29 is 104 Å². The average Bonchev–Trinajstić information content (AvgIpc) is 4.13. The molecule has 9 rings (SSSR count). The van der Waals surface area contributed by atoms with Crippen LogP contribution in [-0.2, 0) is 59.4 Å². The Morgan fingerprint density at radius 2 is 0.824 bits per heavy atom. The van der Waals surface area contributed by atoms with Crippen LogP contribution in [0.25, 0.3) is 33.5 Å². The Kier molecular flexibility index (Phi) is 15.6. The molecule has 0 spiro atoms. The summed E-state index contributed by atoms with van der Waals surface area (Å²) >= 11 is 9.62. The number of phosphoric acid groups is 4. The minimum Gasteiger partial charge on any atom is -0.387 e. The minimum atomic E-state index is -5.61. The summed E-state index contributed by atoms with van der Waals surface area (Å²) in [5.41, 5.74) is 17.8. The zero-order valence-corrected chi connectivity index (χ0v) is 44.5. The van der Waals surface area contributed by atoms with Gasteiger partial charge < -0.3 is 76.3 Å². The van der Waals surface area contributed by atoms with Crippen molar-refractivity contribution in [1.29, 1.82) is 0 Å². The summed E-state index contributed by atoms with van der Waals surface area (Å²) < 4.78 is 102. The first-order chi connectivity index (χ1) is 34.6. The summed E-state index contributed by atoms with van der Waals surface area (Å²) in [4.78, 5) is 86.8. The first-order valence-corrected chi connectivity index (χ1v) is 28.7. The summed E-state index contributed by atoms with van der Waals surface area (Å²) in [6.45, 7) is -3.24. The molecule has 6 aromatic heterocycles. The van der Waals surface area contributed by atoms with Gasteiger partial charge in [0, 0.05) is 0 Å². The van der Waals surface area contributed by atoms with E-state index >= 15 is 0 Å². The molecule has 0 amide bonds. The van der Waals surface area contributed by atoms with Gasteiger partial charge in [0.1, 0.15) is 73.9 Å². The number of nitrogens with two attached hydrogens (primary N) is 3. The van der Waals surface area contributed by atoms with E-state index in [1.807, 2.05) is 0 Å². The van der Waals surface area contributed by atoms with E-state index in [1.165, 1.54) is 4.57 Å². The summed E-state index contributed by atoms with van der Waals surface area (Å²) in [6, 6.07) is 0. The molecule has 9 heterocycles. The highest BCUT2D eigenvalue weighted by Gasteiger charge is 2.54. The first-order valence-electron chi connectivity index (χ1n) is 20.3. The third kappa shape index (κ3) is 11.1. The number of nitrogen functional groups attached to an aromatic ring is 3. The molecule has 0 aliphatic carbocycles. The highest BCUT2D eigenvalue weighted by Crippen LogP contribution is 2.58. The molecule has 15 atom stereocenters. The number of rotatable bonds is 18. The van der Waals surface area contributed by atoms with Gasteiger partial charge in [-0.2, -0.15) is 4.31 Å². The van der Waals surface area contributed by atoms with Crippen LogP contribution in [0.2, 0.25) is 0 Å². The molecule has 6 aromatic rings. The van der Waals surface area contributed by atoms with E-state index < -0.39 is 125 Å². The van der Waals surface area contributed by atoms with Gasteiger partial charge in [0.15, 0.2) is 83.8 Å². The maximum absolute atomic E-state index is 13.9. The predicted octanol–water partition coefficient (Wildman–Crippen LogP) is -1.09. The fourth-order valence-electron chi connectivity index (χ4n) is 7.84. The molecule has 3 aliphatic rings. The van der Waals surface area contributed by atoms with Crippen molar-refractivity contribution in [3.05, 3.63) is 33.2 Å². The molecular formula is C30H36Br3N15O22P4. The van der Waals surface area contributed by atoms with E-state index in [-0.39, 0.29) is 65.1 Å². The van der Waals surface area contributed by atoms with E-state index in [0.29, 0.717) is 0 Å². The molecule has 15 N–H and O–H groups in total. The van der Waals surface area contributed by atoms with Gasteiger partial charge in [0.2, 0.25) is 0 Å². The van der Waals surface area contributed by atoms with Crippen LogP contribution < -0.4 is 17.2 Å². The third-order valence-corrected chi connectivity index (χ3v) is 16.8. The highest BCUT2D eigenvalue weighted by atomic mass is 79.9. The Labute approximate surface area is 434 Å². The van der Waals surface area contributed by atoms with Crippen molar-refractivity contribution in [2.24, 2.45) is 0 Å². The van der Waals surface area contributed by atoms with Crippen molar-refractivity contribution in [2.75, 3.05) is 37.0 Å². The van der Waals surface area contributed by atoms with E-state index in [1.54, 1.807) is 0 Å². The van der Waals surface area contributed by atoms with Gasteiger partial charge >= 0.3 is 31.3 Å². The lowest BCUT2D eigenvalue weighted by Crippen LogP contribution is -2.37. The molecule has 44 heteroatoms. The number of halogens is 3.